The largest absolute Gasteiger partial charge is 0.497 e. The fraction of sp³-hybridized carbons (Fsp3) is 0.389. The smallest absolute Gasteiger partial charge is 0.118 e. The van der Waals surface area contributed by atoms with Gasteiger partial charge in [-0.15, -0.1) is 0 Å². The van der Waals surface area contributed by atoms with Gasteiger partial charge in [-0.05, 0) is 35.4 Å². The summed E-state index contributed by atoms with van der Waals surface area (Å²) in [7, 11) is 1.71. The zero-order valence-corrected chi connectivity index (χ0v) is 13.1. The molecule has 0 bridgehead atoms. The van der Waals surface area contributed by atoms with Crippen LogP contribution in [0.4, 0.5) is 0 Å². The zero-order valence-electron chi connectivity index (χ0n) is 13.1. The number of nitrogens with zero attached hydrogens (tertiary/aromatic N) is 3. The van der Waals surface area contributed by atoms with E-state index >= 15 is 0 Å². The molecule has 1 fully saturated rings. The van der Waals surface area contributed by atoms with Crippen molar-refractivity contribution in [2.75, 3.05) is 33.3 Å². The van der Waals surface area contributed by atoms with E-state index in [1.165, 1.54) is 11.1 Å². The van der Waals surface area contributed by atoms with Crippen LogP contribution in [0, 0.1) is 0 Å². The highest BCUT2D eigenvalue weighted by atomic mass is 16.5. The van der Waals surface area contributed by atoms with E-state index in [-0.39, 0.29) is 0 Å². The van der Waals surface area contributed by atoms with Crippen LogP contribution < -0.4 is 4.74 Å². The van der Waals surface area contributed by atoms with Crippen molar-refractivity contribution in [1.29, 1.82) is 0 Å². The Bertz CT molecular complexity index is 563. The second kappa shape index (κ2) is 7.38. The lowest BCUT2D eigenvalue weighted by atomic mass is 10.2. The number of ether oxygens (including phenoxy) is 1. The lowest BCUT2D eigenvalue weighted by molar-refractivity contribution is 0.122. The molecule has 0 unspecified atom stereocenters. The van der Waals surface area contributed by atoms with E-state index in [9.17, 15) is 0 Å². The zero-order chi connectivity index (χ0) is 15.2. The fourth-order valence-electron chi connectivity index (χ4n) is 2.84. The highest BCUT2D eigenvalue weighted by molar-refractivity contribution is 5.27. The monoisotopic (exact) mass is 297 g/mol. The van der Waals surface area contributed by atoms with Crippen LogP contribution in [-0.4, -0.2) is 48.1 Å². The third-order valence-corrected chi connectivity index (χ3v) is 4.19. The molecule has 1 aliphatic heterocycles. The topological polar surface area (TPSA) is 28.6 Å². The van der Waals surface area contributed by atoms with Gasteiger partial charge in [0.15, 0.2) is 0 Å². The molecule has 1 aromatic carbocycles. The number of methoxy groups -OCH3 is 1. The summed E-state index contributed by atoms with van der Waals surface area (Å²) in [5.41, 5.74) is 2.70. The van der Waals surface area contributed by atoms with Crippen molar-refractivity contribution in [3.8, 4) is 5.75 Å². The third-order valence-electron chi connectivity index (χ3n) is 4.19. The average molecular weight is 297 g/mol. The van der Waals surface area contributed by atoms with Crippen LogP contribution in [0.5, 0.6) is 5.75 Å². The predicted molar refractivity (Wildman–Crippen MR) is 87.8 cm³/mol. The number of pyridine rings is 1. The molecular weight excluding hydrogens is 274 g/mol. The van der Waals surface area contributed by atoms with Crippen molar-refractivity contribution in [2.24, 2.45) is 0 Å². The minimum Gasteiger partial charge on any atom is -0.497 e. The second-order valence-corrected chi connectivity index (χ2v) is 5.76. The SMILES string of the molecule is COc1ccc(CN2CCN(Cc3ccncc3)CC2)cc1. The van der Waals surface area contributed by atoms with E-state index in [0.717, 1.165) is 45.0 Å². The van der Waals surface area contributed by atoms with Gasteiger partial charge in [-0.1, -0.05) is 12.1 Å². The van der Waals surface area contributed by atoms with E-state index in [1.54, 1.807) is 7.11 Å². The van der Waals surface area contributed by atoms with Gasteiger partial charge in [0.1, 0.15) is 5.75 Å². The Morgan fingerprint density at radius 2 is 1.32 bits per heavy atom. The van der Waals surface area contributed by atoms with E-state index in [2.05, 4.69) is 39.0 Å². The molecule has 2 heterocycles. The molecule has 4 nitrogen and oxygen atoms in total. The van der Waals surface area contributed by atoms with Gasteiger partial charge in [0.25, 0.3) is 0 Å². The first-order chi connectivity index (χ1) is 10.8. The first kappa shape index (κ1) is 15.0. The molecule has 3 rings (SSSR count). The molecule has 4 heteroatoms. The molecule has 0 aliphatic carbocycles. The summed E-state index contributed by atoms with van der Waals surface area (Å²) in [6.07, 6.45) is 3.74. The molecule has 116 valence electrons. The summed E-state index contributed by atoms with van der Waals surface area (Å²) >= 11 is 0. The standard InChI is InChI=1S/C18H23N3O/c1-22-18-4-2-16(3-5-18)14-20-10-12-21(13-11-20)15-17-6-8-19-9-7-17/h2-9H,10-15H2,1H3. The number of aromatic nitrogens is 1. The molecule has 0 N–H and O–H groups in total. The minimum absolute atomic E-state index is 0.922. The molecule has 2 aromatic rings. The molecule has 22 heavy (non-hydrogen) atoms. The number of piperazine rings is 1. The van der Waals surface area contributed by atoms with Crippen molar-refractivity contribution >= 4 is 0 Å². The summed E-state index contributed by atoms with van der Waals surface area (Å²) in [6.45, 7) is 6.54. The molecule has 0 atom stereocenters. The molecule has 1 saturated heterocycles. The van der Waals surface area contributed by atoms with Crippen molar-refractivity contribution in [2.45, 2.75) is 13.1 Å². The van der Waals surface area contributed by atoms with Crippen LogP contribution in [0.2, 0.25) is 0 Å². The summed E-state index contributed by atoms with van der Waals surface area (Å²) in [5, 5.41) is 0. The minimum atomic E-state index is 0.922. The highest BCUT2D eigenvalue weighted by Crippen LogP contribution is 2.14. The van der Waals surface area contributed by atoms with E-state index in [1.807, 2.05) is 24.5 Å². The van der Waals surface area contributed by atoms with E-state index in [0.29, 0.717) is 0 Å². The Labute approximate surface area is 132 Å². The average Bonchev–Trinajstić information content (AvgIpc) is 2.58. The molecule has 0 saturated carbocycles. The van der Waals surface area contributed by atoms with Gasteiger partial charge in [-0.25, -0.2) is 0 Å². The maximum atomic E-state index is 5.21. The van der Waals surface area contributed by atoms with Crippen LogP contribution in [0.1, 0.15) is 11.1 Å². The summed E-state index contributed by atoms with van der Waals surface area (Å²) in [6, 6.07) is 12.6. The summed E-state index contributed by atoms with van der Waals surface area (Å²) in [5.74, 6) is 0.922. The lowest BCUT2D eigenvalue weighted by Gasteiger charge is -2.34. The molecule has 1 aromatic heterocycles. The third kappa shape index (κ3) is 4.06. The molecule has 0 amide bonds. The van der Waals surface area contributed by atoms with Crippen LogP contribution >= 0.6 is 0 Å². The Balaban J connectivity index is 1.47. The molecule has 0 spiro atoms. The van der Waals surface area contributed by atoms with Gasteiger partial charge in [-0.3, -0.25) is 14.8 Å². The number of hydrogen-bond acceptors (Lipinski definition) is 4. The van der Waals surface area contributed by atoms with Crippen LogP contribution in [0.25, 0.3) is 0 Å². The maximum absolute atomic E-state index is 5.21. The van der Waals surface area contributed by atoms with E-state index in [4.69, 9.17) is 4.74 Å². The lowest BCUT2D eigenvalue weighted by Crippen LogP contribution is -2.45. The Kier molecular flexibility index (Phi) is 5.03. The predicted octanol–water partition coefficient (Wildman–Crippen LogP) is 2.41. The number of rotatable bonds is 5. The highest BCUT2D eigenvalue weighted by Gasteiger charge is 2.17. The van der Waals surface area contributed by atoms with Crippen LogP contribution in [0.3, 0.4) is 0 Å². The second-order valence-electron chi connectivity index (χ2n) is 5.76. The van der Waals surface area contributed by atoms with Crippen molar-refractivity contribution in [3.05, 3.63) is 59.9 Å². The quantitative estimate of drug-likeness (QED) is 0.847. The number of benzene rings is 1. The first-order valence-corrected chi connectivity index (χ1v) is 7.80. The molecular formula is C18H23N3O. The maximum Gasteiger partial charge on any atom is 0.118 e. The van der Waals surface area contributed by atoms with Crippen molar-refractivity contribution < 1.29 is 4.74 Å². The fourth-order valence-corrected chi connectivity index (χ4v) is 2.84. The summed E-state index contributed by atoms with van der Waals surface area (Å²) in [4.78, 5) is 9.11. The van der Waals surface area contributed by atoms with Crippen LogP contribution in [-0.2, 0) is 13.1 Å². The molecule has 0 radical (unpaired) electrons. The number of hydrogen-bond donors (Lipinski definition) is 0. The van der Waals surface area contributed by atoms with Gasteiger partial charge < -0.3 is 4.74 Å². The first-order valence-electron chi connectivity index (χ1n) is 7.80. The normalized spacial score (nSPS) is 16.6. The molecule has 1 aliphatic rings. The van der Waals surface area contributed by atoms with Gasteiger partial charge >= 0.3 is 0 Å². The van der Waals surface area contributed by atoms with Gasteiger partial charge in [-0.2, -0.15) is 0 Å². The Hall–Kier alpha value is -1.91. The van der Waals surface area contributed by atoms with Gasteiger partial charge in [0.2, 0.25) is 0 Å². The van der Waals surface area contributed by atoms with E-state index < -0.39 is 0 Å². The van der Waals surface area contributed by atoms with Gasteiger partial charge in [0, 0.05) is 51.7 Å². The summed E-state index contributed by atoms with van der Waals surface area (Å²) < 4.78 is 5.21. The Morgan fingerprint density at radius 3 is 1.82 bits per heavy atom. The Morgan fingerprint density at radius 1 is 0.818 bits per heavy atom. The van der Waals surface area contributed by atoms with Crippen molar-refractivity contribution in [1.82, 2.24) is 14.8 Å². The van der Waals surface area contributed by atoms with Gasteiger partial charge in [0.05, 0.1) is 7.11 Å². The van der Waals surface area contributed by atoms with Crippen LogP contribution in [0.15, 0.2) is 48.8 Å². The van der Waals surface area contributed by atoms with Crippen molar-refractivity contribution in [3.63, 3.8) is 0 Å².